The summed E-state index contributed by atoms with van der Waals surface area (Å²) in [5.74, 6) is -1.56. The van der Waals surface area contributed by atoms with Gasteiger partial charge in [0.1, 0.15) is 5.78 Å². The molecule has 0 spiro atoms. The van der Waals surface area contributed by atoms with E-state index >= 15 is 0 Å². The van der Waals surface area contributed by atoms with Crippen molar-refractivity contribution >= 4 is 11.8 Å². The van der Waals surface area contributed by atoms with E-state index in [1.54, 1.807) is 0 Å². The number of ketones is 1. The van der Waals surface area contributed by atoms with Gasteiger partial charge >= 0.3 is 0 Å². The van der Waals surface area contributed by atoms with E-state index < -0.39 is 5.97 Å². The van der Waals surface area contributed by atoms with Crippen molar-refractivity contribution < 1.29 is 14.7 Å². The normalized spacial score (nSPS) is 24.6. The number of carbonyl (C=O) groups is 2. The Morgan fingerprint density at radius 2 is 1.94 bits per heavy atom. The molecule has 1 saturated carbocycles. The highest BCUT2D eigenvalue weighted by atomic mass is 16.4. The molecule has 90 valence electrons. The monoisotopic (exact) mass is 231 g/mol. The molecule has 3 nitrogen and oxygen atoms in total. The van der Waals surface area contributed by atoms with Gasteiger partial charge in [0, 0.05) is 17.8 Å². The lowest BCUT2D eigenvalue weighted by molar-refractivity contribution is -0.306. The van der Waals surface area contributed by atoms with Crippen LogP contribution in [-0.2, 0) is 9.59 Å². The summed E-state index contributed by atoms with van der Waals surface area (Å²) in [6.45, 7) is 0. The predicted molar refractivity (Wildman–Crippen MR) is 61.2 cm³/mol. The highest BCUT2D eigenvalue weighted by molar-refractivity contribution is 5.90. The van der Waals surface area contributed by atoms with Gasteiger partial charge in [-0.25, -0.2) is 0 Å². The van der Waals surface area contributed by atoms with E-state index in [4.69, 9.17) is 0 Å². The molecular weight excluding hydrogens is 216 g/mol. The van der Waals surface area contributed by atoms with E-state index in [-0.39, 0.29) is 24.0 Å². The molecular formula is C14H15O3-. The van der Waals surface area contributed by atoms with Crippen molar-refractivity contribution in [1.29, 1.82) is 0 Å². The van der Waals surface area contributed by atoms with Gasteiger partial charge in [-0.3, -0.25) is 4.79 Å². The third-order valence-electron chi connectivity index (χ3n) is 3.41. The Hall–Kier alpha value is -1.64. The van der Waals surface area contributed by atoms with Gasteiger partial charge in [0.05, 0.1) is 0 Å². The lowest BCUT2D eigenvalue weighted by Gasteiger charge is -2.28. The van der Waals surface area contributed by atoms with Crippen molar-refractivity contribution in [3.05, 3.63) is 35.9 Å². The van der Waals surface area contributed by atoms with Gasteiger partial charge in [0.2, 0.25) is 0 Å². The third-order valence-corrected chi connectivity index (χ3v) is 3.41. The quantitative estimate of drug-likeness (QED) is 0.787. The molecule has 1 aliphatic carbocycles. The van der Waals surface area contributed by atoms with Crippen LogP contribution in [0.5, 0.6) is 0 Å². The number of carboxylic acid groups (broad SMARTS) is 1. The molecule has 0 aliphatic heterocycles. The Kier molecular flexibility index (Phi) is 3.57. The Bertz CT molecular complexity index is 411. The maximum Gasteiger partial charge on any atom is 0.143 e. The molecule has 0 radical (unpaired) electrons. The largest absolute Gasteiger partial charge is 0.550 e. The van der Waals surface area contributed by atoms with Gasteiger partial charge in [-0.05, 0) is 24.8 Å². The summed E-state index contributed by atoms with van der Waals surface area (Å²) in [6.07, 6.45) is 2.27. The van der Waals surface area contributed by atoms with Crippen LogP contribution >= 0.6 is 0 Å². The molecule has 0 saturated heterocycles. The minimum Gasteiger partial charge on any atom is -0.550 e. The van der Waals surface area contributed by atoms with E-state index in [0.717, 1.165) is 18.4 Å². The van der Waals surface area contributed by atoms with Crippen LogP contribution in [0.4, 0.5) is 0 Å². The first-order chi connectivity index (χ1) is 8.18. The fourth-order valence-corrected chi connectivity index (χ4v) is 2.56. The van der Waals surface area contributed by atoms with Crippen LogP contribution in [0.15, 0.2) is 30.3 Å². The molecule has 0 heterocycles. The van der Waals surface area contributed by atoms with Crippen molar-refractivity contribution in [1.82, 2.24) is 0 Å². The number of hydrogen-bond donors (Lipinski definition) is 0. The average molecular weight is 231 g/mol. The summed E-state index contributed by atoms with van der Waals surface area (Å²) in [5.41, 5.74) is 1.00. The maximum atomic E-state index is 12.2. The molecule has 1 aromatic rings. The first kappa shape index (κ1) is 11.8. The molecule has 1 fully saturated rings. The summed E-state index contributed by atoms with van der Waals surface area (Å²) < 4.78 is 0. The number of aliphatic carboxylic acids is 1. The molecule has 1 aromatic carbocycles. The number of Topliss-reactive ketones (excluding diaryl/α,β-unsaturated/α-hetero) is 1. The van der Waals surface area contributed by atoms with Gasteiger partial charge < -0.3 is 9.90 Å². The zero-order valence-electron chi connectivity index (χ0n) is 9.59. The van der Waals surface area contributed by atoms with Gasteiger partial charge in [-0.2, -0.15) is 0 Å². The molecule has 2 atom stereocenters. The van der Waals surface area contributed by atoms with E-state index in [1.165, 1.54) is 0 Å². The smallest absolute Gasteiger partial charge is 0.143 e. The van der Waals surface area contributed by atoms with Crippen LogP contribution in [0, 0.1) is 5.92 Å². The zero-order chi connectivity index (χ0) is 12.3. The van der Waals surface area contributed by atoms with Gasteiger partial charge in [-0.15, -0.1) is 0 Å². The average Bonchev–Trinajstić information content (AvgIpc) is 2.32. The SMILES string of the molecule is O=C([O-])C[C@H]1CCC[C@@H](c2ccccc2)C1=O. The predicted octanol–water partition coefficient (Wildman–Crippen LogP) is 1.28. The van der Waals surface area contributed by atoms with Crippen LogP contribution in [-0.4, -0.2) is 11.8 Å². The lowest BCUT2D eigenvalue weighted by Crippen LogP contribution is -2.33. The summed E-state index contributed by atoms with van der Waals surface area (Å²) in [7, 11) is 0. The zero-order valence-corrected chi connectivity index (χ0v) is 9.59. The topological polar surface area (TPSA) is 57.2 Å². The van der Waals surface area contributed by atoms with Crippen molar-refractivity contribution in [2.24, 2.45) is 5.92 Å². The molecule has 0 N–H and O–H groups in total. The maximum absolute atomic E-state index is 12.2. The minimum absolute atomic E-state index is 0.0617. The standard InChI is InChI=1S/C14H16O3/c15-13(16)9-11-7-4-8-12(14(11)17)10-5-2-1-3-6-10/h1-3,5-6,11-12H,4,7-9H2,(H,15,16)/p-1/t11-,12+/m1/s1. The van der Waals surface area contributed by atoms with E-state index in [1.807, 2.05) is 30.3 Å². The Morgan fingerprint density at radius 1 is 1.24 bits per heavy atom. The highest BCUT2D eigenvalue weighted by Crippen LogP contribution is 2.34. The number of carboxylic acids is 1. The van der Waals surface area contributed by atoms with Gasteiger partial charge in [-0.1, -0.05) is 36.8 Å². The fourth-order valence-electron chi connectivity index (χ4n) is 2.56. The van der Waals surface area contributed by atoms with Crippen LogP contribution < -0.4 is 5.11 Å². The van der Waals surface area contributed by atoms with E-state index in [0.29, 0.717) is 6.42 Å². The van der Waals surface area contributed by atoms with Crippen LogP contribution in [0.1, 0.15) is 37.2 Å². The first-order valence-corrected chi connectivity index (χ1v) is 5.97. The van der Waals surface area contributed by atoms with Crippen LogP contribution in [0.2, 0.25) is 0 Å². The molecule has 2 rings (SSSR count). The first-order valence-electron chi connectivity index (χ1n) is 5.97. The second-order valence-electron chi connectivity index (χ2n) is 4.57. The molecule has 0 unspecified atom stereocenters. The lowest BCUT2D eigenvalue weighted by atomic mass is 9.75. The highest BCUT2D eigenvalue weighted by Gasteiger charge is 2.31. The van der Waals surface area contributed by atoms with Crippen molar-refractivity contribution in [3.8, 4) is 0 Å². The number of rotatable bonds is 3. The van der Waals surface area contributed by atoms with Crippen LogP contribution in [0.25, 0.3) is 0 Å². The molecule has 1 aliphatic rings. The van der Waals surface area contributed by atoms with E-state index in [2.05, 4.69) is 0 Å². The number of hydrogen-bond acceptors (Lipinski definition) is 3. The van der Waals surface area contributed by atoms with Gasteiger partial charge in [0.25, 0.3) is 0 Å². The van der Waals surface area contributed by atoms with Crippen molar-refractivity contribution in [3.63, 3.8) is 0 Å². The number of carbonyl (C=O) groups excluding carboxylic acids is 2. The third kappa shape index (κ3) is 2.73. The Balaban J connectivity index is 2.14. The molecule has 3 heteroatoms. The summed E-state index contributed by atoms with van der Waals surface area (Å²) >= 11 is 0. The molecule has 0 bridgehead atoms. The second kappa shape index (κ2) is 5.13. The summed E-state index contributed by atoms with van der Waals surface area (Å²) in [4.78, 5) is 22.8. The summed E-state index contributed by atoms with van der Waals surface area (Å²) in [5, 5.41) is 10.6. The Labute approximate surface area is 100 Å². The van der Waals surface area contributed by atoms with Gasteiger partial charge in [0.15, 0.2) is 0 Å². The van der Waals surface area contributed by atoms with Crippen LogP contribution in [0.3, 0.4) is 0 Å². The fraction of sp³-hybridized carbons (Fsp3) is 0.429. The second-order valence-corrected chi connectivity index (χ2v) is 4.57. The number of benzene rings is 1. The van der Waals surface area contributed by atoms with Crippen molar-refractivity contribution in [2.75, 3.05) is 0 Å². The molecule has 17 heavy (non-hydrogen) atoms. The minimum atomic E-state index is -1.13. The van der Waals surface area contributed by atoms with E-state index in [9.17, 15) is 14.7 Å². The molecule has 0 aromatic heterocycles. The molecule has 0 amide bonds. The Morgan fingerprint density at radius 3 is 2.59 bits per heavy atom. The summed E-state index contributed by atoms with van der Waals surface area (Å²) in [6, 6.07) is 9.60. The van der Waals surface area contributed by atoms with Crippen molar-refractivity contribution in [2.45, 2.75) is 31.6 Å².